The molecular formula is C6H10ClNO3. The molecule has 0 aromatic carbocycles. The molecule has 2 atom stereocenters. The maximum Gasteiger partial charge on any atom is 0.235 e. The maximum atomic E-state index is 10.7. The molecule has 1 saturated heterocycles. The highest BCUT2D eigenvalue weighted by molar-refractivity contribution is 6.27. The minimum atomic E-state index is -0.595. The summed E-state index contributed by atoms with van der Waals surface area (Å²) in [6.07, 6.45) is -0.595. The Hall–Kier alpha value is -0.320. The van der Waals surface area contributed by atoms with Crippen molar-refractivity contribution in [1.29, 1.82) is 0 Å². The highest BCUT2D eigenvalue weighted by Crippen LogP contribution is 2.04. The zero-order valence-electron chi connectivity index (χ0n) is 5.92. The molecule has 1 aliphatic rings. The van der Waals surface area contributed by atoms with E-state index in [1.807, 2.05) is 0 Å². The molecule has 1 aliphatic heterocycles. The van der Waals surface area contributed by atoms with Gasteiger partial charge in [-0.2, -0.15) is 0 Å². The van der Waals surface area contributed by atoms with Gasteiger partial charge in [0.05, 0.1) is 25.4 Å². The molecule has 4 nitrogen and oxygen atoms in total. The topological polar surface area (TPSA) is 58.6 Å². The van der Waals surface area contributed by atoms with Gasteiger partial charge in [-0.05, 0) is 0 Å². The molecule has 0 radical (unpaired) electrons. The van der Waals surface area contributed by atoms with Crippen LogP contribution in [0.25, 0.3) is 0 Å². The zero-order valence-corrected chi connectivity index (χ0v) is 6.67. The van der Waals surface area contributed by atoms with Crippen molar-refractivity contribution in [2.24, 2.45) is 0 Å². The van der Waals surface area contributed by atoms with Gasteiger partial charge >= 0.3 is 0 Å². The lowest BCUT2D eigenvalue weighted by Gasteiger charge is -2.12. The average Bonchev–Trinajstić information content (AvgIpc) is 2.37. The van der Waals surface area contributed by atoms with E-state index in [4.69, 9.17) is 21.4 Å². The lowest BCUT2D eigenvalue weighted by Crippen LogP contribution is -2.43. The molecule has 0 aliphatic carbocycles. The summed E-state index contributed by atoms with van der Waals surface area (Å²) in [6.45, 7) is 0.650. The van der Waals surface area contributed by atoms with E-state index in [-0.39, 0.29) is 24.4 Å². The molecule has 0 aromatic rings. The summed E-state index contributed by atoms with van der Waals surface area (Å²) >= 11 is 5.24. The first-order chi connectivity index (χ1) is 5.24. The number of rotatable bonds is 2. The summed E-state index contributed by atoms with van der Waals surface area (Å²) < 4.78 is 4.91. The third kappa shape index (κ3) is 2.32. The van der Waals surface area contributed by atoms with Crippen LogP contribution in [0.2, 0.25) is 0 Å². The van der Waals surface area contributed by atoms with Crippen molar-refractivity contribution in [3.8, 4) is 0 Å². The number of aliphatic hydroxyl groups excluding tert-OH is 1. The van der Waals surface area contributed by atoms with E-state index in [2.05, 4.69) is 5.32 Å². The first-order valence-electron chi connectivity index (χ1n) is 3.35. The van der Waals surface area contributed by atoms with Crippen molar-refractivity contribution in [3.63, 3.8) is 0 Å². The lowest BCUT2D eigenvalue weighted by molar-refractivity contribution is -0.119. The fraction of sp³-hybridized carbons (Fsp3) is 0.833. The van der Waals surface area contributed by atoms with E-state index in [0.717, 1.165) is 0 Å². The van der Waals surface area contributed by atoms with Crippen molar-refractivity contribution >= 4 is 17.5 Å². The molecule has 0 unspecified atom stereocenters. The lowest BCUT2D eigenvalue weighted by atomic mass is 10.2. The number of alkyl halides is 1. The van der Waals surface area contributed by atoms with Gasteiger partial charge in [0.1, 0.15) is 5.88 Å². The van der Waals surface area contributed by atoms with E-state index in [9.17, 15) is 4.79 Å². The quantitative estimate of drug-likeness (QED) is 0.541. The van der Waals surface area contributed by atoms with E-state index >= 15 is 0 Å². The largest absolute Gasteiger partial charge is 0.388 e. The zero-order chi connectivity index (χ0) is 8.27. The van der Waals surface area contributed by atoms with E-state index in [1.54, 1.807) is 0 Å². The van der Waals surface area contributed by atoms with Crippen molar-refractivity contribution in [2.45, 2.75) is 12.1 Å². The van der Waals surface area contributed by atoms with Crippen LogP contribution in [-0.4, -0.2) is 42.3 Å². The monoisotopic (exact) mass is 179 g/mol. The molecule has 0 spiro atoms. The summed E-state index contributed by atoms with van der Waals surface area (Å²) in [4.78, 5) is 10.7. The van der Waals surface area contributed by atoms with Crippen LogP contribution in [0.15, 0.2) is 0 Å². The number of hydrogen-bond acceptors (Lipinski definition) is 3. The highest BCUT2D eigenvalue weighted by atomic mass is 35.5. The molecule has 0 saturated carbocycles. The summed E-state index contributed by atoms with van der Waals surface area (Å²) in [6, 6.07) is -0.291. The van der Waals surface area contributed by atoms with Crippen molar-refractivity contribution in [2.75, 3.05) is 19.1 Å². The first kappa shape index (κ1) is 8.77. The van der Waals surface area contributed by atoms with Crippen LogP contribution in [0.5, 0.6) is 0 Å². The molecule has 5 heteroatoms. The molecule has 0 aromatic heterocycles. The number of halogens is 1. The minimum Gasteiger partial charge on any atom is -0.388 e. The Morgan fingerprint density at radius 2 is 2.45 bits per heavy atom. The van der Waals surface area contributed by atoms with Crippen LogP contribution in [0.1, 0.15) is 0 Å². The summed E-state index contributed by atoms with van der Waals surface area (Å²) in [5, 5.41) is 11.7. The number of amides is 1. The molecule has 64 valence electrons. The number of ether oxygens (including phenoxy) is 1. The van der Waals surface area contributed by atoms with Gasteiger partial charge < -0.3 is 15.2 Å². The van der Waals surface area contributed by atoms with Crippen LogP contribution >= 0.6 is 11.6 Å². The van der Waals surface area contributed by atoms with Gasteiger partial charge in [0.25, 0.3) is 0 Å². The third-order valence-electron chi connectivity index (χ3n) is 1.52. The Balaban J connectivity index is 2.30. The molecule has 2 N–H and O–H groups in total. The van der Waals surface area contributed by atoms with Crippen LogP contribution in [0.4, 0.5) is 0 Å². The molecule has 0 bridgehead atoms. The van der Waals surface area contributed by atoms with Gasteiger partial charge in [-0.3, -0.25) is 4.79 Å². The summed E-state index contributed by atoms with van der Waals surface area (Å²) in [5.41, 5.74) is 0. The number of nitrogens with one attached hydrogen (secondary N) is 1. The fourth-order valence-corrected chi connectivity index (χ4v) is 1.00. The van der Waals surface area contributed by atoms with Gasteiger partial charge in [0.2, 0.25) is 5.91 Å². The van der Waals surface area contributed by atoms with Gasteiger partial charge in [-0.25, -0.2) is 0 Å². The first-order valence-corrected chi connectivity index (χ1v) is 3.88. The Labute approximate surface area is 69.5 Å². The van der Waals surface area contributed by atoms with Crippen LogP contribution in [0, 0.1) is 0 Å². The second-order valence-electron chi connectivity index (χ2n) is 2.41. The fourth-order valence-electron chi connectivity index (χ4n) is 0.926. The number of carbonyl (C=O) groups is 1. The van der Waals surface area contributed by atoms with Crippen LogP contribution in [-0.2, 0) is 9.53 Å². The van der Waals surface area contributed by atoms with Crippen LogP contribution < -0.4 is 5.32 Å². The Morgan fingerprint density at radius 1 is 1.73 bits per heavy atom. The second-order valence-corrected chi connectivity index (χ2v) is 2.68. The van der Waals surface area contributed by atoms with Crippen molar-refractivity contribution in [3.05, 3.63) is 0 Å². The summed E-state index contributed by atoms with van der Waals surface area (Å²) in [5.74, 6) is -0.357. The molecular weight excluding hydrogens is 170 g/mol. The molecule has 1 rings (SSSR count). The number of aliphatic hydroxyl groups is 1. The van der Waals surface area contributed by atoms with E-state index in [1.165, 1.54) is 0 Å². The van der Waals surface area contributed by atoms with Crippen LogP contribution in [0.3, 0.4) is 0 Å². The van der Waals surface area contributed by atoms with Gasteiger partial charge in [0.15, 0.2) is 0 Å². The number of carbonyl (C=O) groups excluding carboxylic acids is 1. The normalized spacial score (nSPS) is 30.4. The second kappa shape index (κ2) is 3.90. The predicted molar refractivity (Wildman–Crippen MR) is 39.5 cm³/mol. The highest BCUT2D eigenvalue weighted by Gasteiger charge is 2.26. The van der Waals surface area contributed by atoms with Crippen molar-refractivity contribution in [1.82, 2.24) is 5.32 Å². The molecule has 11 heavy (non-hydrogen) atoms. The Morgan fingerprint density at radius 3 is 2.91 bits per heavy atom. The molecule has 1 amide bonds. The molecule has 1 fully saturated rings. The minimum absolute atomic E-state index is 0.0801. The maximum absolute atomic E-state index is 10.7. The predicted octanol–water partition coefficient (Wildman–Crippen LogP) is -0.899. The Bertz CT molecular complexity index is 153. The van der Waals surface area contributed by atoms with E-state index in [0.29, 0.717) is 6.61 Å². The number of hydrogen-bond donors (Lipinski definition) is 2. The van der Waals surface area contributed by atoms with Gasteiger partial charge in [-0.15, -0.1) is 11.6 Å². The van der Waals surface area contributed by atoms with Gasteiger partial charge in [-0.1, -0.05) is 0 Å². The van der Waals surface area contributed by atoms with Crippen molar-refractivity contribution < 1.29 is 14.6 Å². The van der Waals surface area contributed by atoms with Gasteiger partial charge in [0, 0.05) is 0 Å². The standard InChI is InChI=1S/C6H10ClNO3/c7-1-6(10)8-4-2-11-3-5(4)9/h4-5,9H,1-3H2,(H,8,10)/t4-,5-/m1/s1. The smallest absolute Gasteiger partial charge is 0.235 e. The SMILES string of the molecule is O=C(CCl)N[C@@H]1COC[C@H]1O. The third-order valence-corrected chi connectivity index (χ3v) is 1.76. The van der Waals surface area contributed by atoms with E-state index < -0.39 is 6.10 Å². The molecule has 1 heterocycles. The Kier molecular flexibility index (Phi) is 3.11. The average molecular weight is 180 g/mol. The summed E-state index contributed by atoms with van der Waals surface area (Å²) in [7, 11) is 0.